The number of hydrogen-bond donors (Lipinski definition) is 2. The number of amides is 1. The van der Waals surface area contributed by atoms with Crippen LogP contribution in [0.2, 0.25) is 0 Å². The fraction of sp³-hybridized carbons (Fsp3) is 0.348. The highest BCUT2D eigenvalue weighted by Gasteiger charge is 2.66. The molecule has 1 aliphatic carbocycles. The van der Waals surface area contributed by atoms with Gasteiger partial charge in [0, 0.05) is 10.9 Å². The molecule has 2 N–H and O–H groups in total. The van der Waals surface area contributed by atoms with Crippen LogP contribution in [0.25, 0.3) is 11.0 Å². The molecule has 2 aromatic carbocycles. The van der Waals surface area contributed by atoms with Crippen molar-refractivity contribution in [3.8, 4) is 5.75 Å². The average molecular weight is 451 g/mol. The van der Waals surface area contributed by atoms with E-state index in [-0.39, 0.29) is 17.1 Å². The van der Waals surface area contributed by atoms with Crippen LogP contribution in [0.15, 0.2) is 46.9 Å². The number of ether oxygens (including phenoxy) is 1. The molecule has 1 aromatic heterocycles. The van der Waals surface area contributed by atoms with Gasteiger partial charge in [-0.1, -0.05) is 38.1 Å². The van der Waals surface area contributed by atoms with Crippen molar-refractivity contribution in [2.24, 2.45) is 0 Å². The predicted molar refractivity (Wildman–Crippen MR) is 108 cm³/mol. The van der Waals surface area contributed by atoms with Crippen molar-refractivity contribution in [3.63, 3.8) is 0 Å². The van der Waals surface area contributed by atoms with Gasteiger partial charge in [-0.05, 0) is 35.6 Å². The Labute approximate surface area is 181 Å². The Balaban J connectivity index is 1.92. The molecule has 9 heteroatoms. The maximum absolute atomic E-state index is 14.7. The van der Waals surface area contributed by atoms with Crippen molar-refractivity contribution in [3.05, 3.63) is 65.2 Å². The molecule has 0 saturated carbocycles. The Morgan fingerprint density at radius 2 is 1.91 bits per heavy atom. The molecule has 2 unspecified atom stereocenters. The molecule has 0 saturated heterocycles. The number of rotatable bonds is 3. The van der Waals surface area contributed by atoms with Gasteiger partial charge in [-0.15, -0.1) is 0 Å². The molecule has 0 aliphatic heterocycles. The van der Waals surface area contributed by atoms with Crippen molar-refractivity contribution < 1.29 is 36.6 Å². The van der Waals surface area contributed by atoms with E-state index in [9.17, 15) is 27.5 Å². The van der Waals surface area contributed by atoms with Gasteiger partial charge in [-0.2, -0.15) is 13.2 Å². The van der Waals surface area contributed by atoms with E-state index in [1.165, 1.54) is 6.07 Å². The van der Waals surface area contributed by atoms with E-state index in [1.807, 2.05) is 5.32 Å². The third kappa shape index (κ3) is 3.14. The average Bonchev–Trinajstić information content (AvgIpc) is 3.14. The van der Waals surface area contributed by atoms with E-state index in [2.05, 4.69) is 0 Å². The highest BCUT2D eigenvalue weighted by molar-refractivity contribution is 5.96. The van der Waals surface area contributed by atoms with Crippen LogP contribution in [-0.4, -0.2) is 30.4 Å². The zero-order chi connectivity index (χ0) is 23.5. The summed E-state index contributed by atoms with van der Waals surface area (Å²) >= 11 is 0. The minimum absolute atomic E-state index is 0.0625. The lowest BCUT2D eigenvalue weighted by molar-refractivity contribution is -0.231. The third-order valence-electron chi connectivity index (χ3n) is 6.03. The van der Waals surface area contributed by atoms with E-state index >= 15 is 0 Å². The van der Waals surface area contributed by atoms with E-state index in [0.717, 1.165) is 19.2 Å². The summed E-state index contributed by atoms with van der Waals surface area (Å²) in [4.78, 5) is 13.0. The maximum atomic E-state index is 14.7. The van der Waals surface area contributed by atoms with E-state index < -0.39 is 46.9 Å². The predicted octanol–water partition coefficient (Wildman–Crippen LogP) is 4.81. The second kappa shape index (κ2) is 7.23. The van der Waals surface area contributed by atoms with Crippen molar-refractivity contribution in [2.75, 3.05) is 7.11 Å². The highest BCUT2D eigenvalue weighted by atomic mass is 19.4. The van der Waals surface area contributed by atoms with E-state index in [1.54, 1.807) is 38.1 Å². The van der Waals surface area contributed by atoms with Gasteiger partial charge >= 0.3 is 6.18 Å². The summed E-state index contributed by atoms with van der Waals surface area (Å²) in [5.74, 6) is -2.70. The Morgan fingerprint density at radius 1 is 1.22 bits per heavy atom. The molecule has 0 spiro atoms. The number of fused-ring (bicyclic) bond motifs is 2. The standard InChI is InChI=1S/C23H21F4NO4/c1-21(2)11-17(29)22(23(25,26)27,13-8-9-14(24)19(31-3)18(13)21)28-20(30)16-10-12-6-4-5-7-15(12)32-16/h4-10,17,29H,11H2,1-3H3,(H,28,30). The third-order valence-corrected chi connectivity index (χ3v) is 6.03. The number of furan rings is 1. The number of carbonyl (C=O) groups excluding carboxylic acids is 1. The van der Waals surface area contributed by atoms with Gasteiger partial charge in [0.1, 0.15) is 5.58 Å². The highest BCUT2D eigenvalue weighted by Crippen LogP contribution is 2.54. The van der Waals surface area contributed by atoms with Crippen molar-refractivity contribution in [1.82, 2.24) is 5.32 Å². The minimum Gasteiger partial charge on any atom is -0.493 e. The molecule has 3 aromatic rings. The normalized spacial score (nSPS) is 22.4. The molecule has 1 amide bonds. The molecule has 32 heavy (non-hydrogen) atoms. The molecule has 5 nitrogen and oxygen atoms in total. The summed E-state index contributed by atoms with van der Waals surface area (Å²) in [6.45, 7) is 3.16. The quantitative estimate of drug-likeness (QED) is 0.561. The van der Waals surface area contributed by atoms with Crippen LogP contribution in [0.3, 0.4) is 0 Å². The SMILES string of the molecule is COc1c(F)ccc2c1C(C)(C)CC(O)C2(NC(=O)c1cc2ccccc2o1)C(F)(F)F. The molecule has 2 atom stereocenters. The molecule has 0 radical (unpaired) electrons. The van der Waals surface area contributed by atoms with Gasteiger partial charge in [0.2, 0.25) is 0 Å². The van der Waals surface area contributed by atoms with Crippen LogP contribution in [0, 0.1) is 5.82 Å². The molecular formula is C23H21F4NO4. The van der Waals surface area contributed by atoms with Crippen LogP contribution in [0.1, 0.15) is 41.9 Å². The first-order valence-corrected chi connectivity index (χ1v) is 9.85. The fourth-order valence-electron chi connectivity index (χ4n) is 4.57. The van der Waals surface area contributed by atoms with Crippen molar-refractivity contribution in [2.45, 2.75) is 43.5 Å². The number of carbonyl (C=O) groups is 1. The number of halogens is 4. The first kappa shape index (κ1) is 22.1. The molecule has 1 heterocycles. The molecular weight excluding hydrogens is 430 g/mol. The zero-order valence-electron chi connectivity index (χ0n) is 17.5. The topological polar surface area (TPSA) is 71.7 Å². The van der Waals surface area contributed by atoms with Gasteiger partial charge in [0.25, 0.3) is 5.91 Å². The lowest BCUT2D eigenvalue weighted by atomic mass is 9.63. The van der Waals surface area contributed by atoms with Crippen LogP contribution in [0.5, 0.6) is 5.75 Å². The Bertz CT molecular complexity index is 1170. The van der Waals surface area contributed by atoms with Crippen LogP contribution >= 0.6 is 0 Å². The number of aliphatic hydroxyl groups excluding tert-OH is 1. The number of alkyl halides is 3. The molecule has 1 aliphatic rings. The summed E-state index contributed by atoms with van der Waals surface area (Å²) in [6.07, 6.45) is -7.57. The molecule has 0 fully saturated rings. The van der Waals surface area contributed by atoms with Gasteiger partial charge < -0.3 is 19.6 Å². The van der Waals surface area contributed by atoms with Crippen molar-refractivity contribution >= 4 is 16.9 Å². The van der Waals surface area contributed by atoms with Crippen LogP contribution < -0.4 is 10.1 Å². The van der Waals surface area contributed by atoms with Gasteiger partial charge in [-0.25, -0.2) is 4.39 Å². The lowest BCUT2D eigenvalue weighted by Gasteiger charge is -2.49. The second-order valence-corrected chi connectivity index (χ2v) is 8.52. The summed E-state index contributed by atoms with van der Waals surface area (Å²) in [5, 5.41) is 13.3. The summed E-state index contributed by atoms with van der Waals surface area (Å²) < 4.78 is 68.9. The number of benzene rings is 2. The van der Waals surface area contributed by atoms with E-state index in [4.69, 9.17) is 9.15 Å². The number of nitrogens with one attached hydrogen (secondary N) is 1. The molecule has 4 rings (SSSR count). The Kier molecular flexibility index (Phi) is 5.00. The lowest BCUT2D eigenvalue weighted by Crippen LogP contribution is -2.66. The monoisotopic (exact) mass is 451 g/mol. The summed E-state index contributed by atoms with van der Waals surface area (Å²) in [7, 11) is 1.15. The van der Waals surface area contributed by atoms with E-state index in [0.29, 0.717) is 11.0 Å². The number of hydrogen-bond acceptors (Lipinski definition) is 4. The Hall–Kier alpha value is -3.07. The molecule has 170 valence electrons. The second-order valence-electron chi connectivity index (χ2n) is 8.52. The van der Waals surface area contributed by atoms with Crippen LogP contribution in [-0.2, 0) is 11.0 Å². The summed E-state index contributed by atoms with van der Waals surface area (Å²) in [6, 6.07) is 9.67. The van der Waals surface area contributed by atoms with Gasteiger partial charge in [0.05, 0.1) is 13.2 Å². The fourth-order valence-corrected chi connectivity index (χ4v) is 4.57. The Morgan fingerprint density at radius 3 is 2.53 bits per heavy atom. The number of para-hydroxylation sites is 1. The van der Waals surface area contributed by atoms with Crippen LogP contribution in [0.4, 0.5) is 17.6 Å². The van der Waals surface area contributed by atoms with Gasteiger partial charge in [-0.3, -0.25) is 4.79 Å². The minimum atomic E-state index is -5.12. The smallest absolute Gasteiger partial charge is 0.418 e. The molecule has 0 bridgehead atoms. The summed E-state index contributed by atoms with van der Waals surface area (Å²) in [5.41, 5.74) is -4.48. The van der Waals surface area contributed by atoms with Crippen molar-refractivity contribution in [1.29, 1.82) is 0 Å². The van der Waals surface area contributed by atoms with Gasteiger partial charge in [0.15, 0.2) is 22.9 Å². The first-order chi connectivity index (χ1) is 14.9. The largest absolute Gasteiger partial charge is 0.493 e. The zero-order valence-corrected chi connectivity index (χ0v) is 17.5. The number of methoxy groups -OCH3 is 1. The maximum Gasteiger partial charge on any atom is 0.418 e. The number of aliphatic hydroxyl groups is 1. The first-order valence-electron chi connectivity index (χ1n) is 9.85.